The van der Waals surface area contributed by atoms with Crippen molar-refractivity contribution in [2.45, 2.75) is 6.92 Å². The Kier molecular flexibility index (Phi) is 4.53. The van der Waals surface area contributed by atoms with Gasteiger partial charge in [-0.1, -0.05) is 67.6 Å². The predicted molar refractivity (Wildman–Crippen MR) is 85.3 cm³/mol. The molecule has 2 aromatic carbocycles. The molecule has 0 aliphatic heterocycles. The monoisotopic (exact) mass is 270 g/mol. The van der Waals surface area contributed by atoms with Crippen LogP contribution in [0, 0.1) is 0 Å². The quantitative estimate of drug-likeness (QED) is 0.827. The van der Waals surface area contributed by atoms with Crippen molar-refractivity contribution in [2.75, 3.05) is 20.6 Å². The van der Waals surface area contributed by atoms with Gasteiger partial charge in [-0.2, -0.15) is 0 Å². The van der Waals surface area contributed by atoms with Crippen LogP contribution in [0.3, 0.4) is 0 Å². The van der Waals surface area contributed by atoms with Gasteiger partial charge in [-0.25, -0.2) is 0 Å². The molecule has 0 heterocycles. The smallest absolute Gasteiger partial charge is 0.269 e. The van der Waals surface area contributed by atoms with Gasteiger partial charge < -0.3 is 9.55 Å². The van der Waals surface area contributed by atoms with E-state index in [0.29, 0.717) is 0 Å². The summed E-state index contributed by atoms with van der Waals surface area (Å²) in [6, 6.07) is 21.6. The van der Waals surface area contributed by atoms with E-state index in [-0.39, 0.29) is 0 Å². The van der Waals surface area contributed by atoms with E-state index in [1.165, 1.54) is 10.4 Å². The summed E-state index contributed by atoms with van der Waals surface area (Å²) in [7, 11) is 2.31. The highest BCUT2D eigenvalue weighted by atomic mass is 28.3. The van der Waals surface area contributed by atoms with Crippen LogP contribution in [0.15, 0.2) is 60.7 Å². The van der Waals surface area contributed by atoms with Crippen LogP contribution in [0.4, 0.5) is 0 Å². The zero-order chi connectivity index (χ0) is 13.7. The maximum Gasteiger partial charge on any atom is 0.269 e. The summed E-state index contributed by atoms with van der Waals surface area (Å²) in [5, 5.41) is 2.79. The fourth-order valence-electron chi connectivity index (χ4n) is 2.66. The molecule has 100 valence electrons. The minimum Gasteiger partial charge on any atom is -0.319 e. The predicted octanol–water partition coefficient (Wildman–Crippen LogP) is 1.41. The Hall–Kier alpha value is -1.42. The van der Waals surface area contributed by atoms with E-state index in [1.807, 2.05) is 0 Å². The molecular formula is C16H22N2Si. The molecule has 0 aliphatic rings. The first-order valence-corrected chi connectivity index (χ1v) is 8.70. The molecule has 0 aromatic heterocycles. The zero-order valence-electron chi connectivity index (χ0n) is 11.9. The van der Waals surface area contributed by atoms with E-state index in [4.69, 9.17) is 0 Å². The van der Waals surface area contributed by atoms with Crippen LogP contribution in [0.1, 0.15) is 6.92 Å². The summed E-state index contributed by atoms with van der Waals surface area (Å²) in [4.78, 5) is 3.79. The van der Waals surface area contributed by atoms with Crippen LogP contribution in [-0.4, -0.2) is 33.6 Å². The molecule has 2 nitrogen and oxygen atoms in total. The van der Waals surface area contributed by atoms with Gasteiger partial charge in [0.1, 0.15) is 0 Å². The molecule has 0 radical (unpaired) electrons. The third-order valence-electron chi connectivity index (χ3n) is 3.49. The molecule has 0 unspecified atom stereocenters. The lowest BCUT2D eigenvalue weighted by atomic mass is 10.4. The van der Waals surface area contributed by atoms with Crippen LogP contribution in [0.2, 0.25) is 0 Å². The average molecular weight is 270 g/mol. The van der Waals surface area contributed by atoms with Crippen LogP contribution in [0.25, 0.3) is 0 Å². The van der Waals surface area contributed by atoms with Crippen molar-refractivity contribution < 1.29 is 0 Å². The minimum absolute atomic E-state index is 0.966. The van der Waals surface area contributed by atoms with Crippen molar-refractivity contribution >= 4 is 18.8 Å². The maximum absolute atomic E-state index is 3.79. The Morgan fingerprint density at radius 1 is 0.842 bits per heavy atom. The van der Waals surface area contributed by atoms with Crippen molar-refractivity contribution in [1.82, 2.24) is 9.55 Å². The second-order valence-electron chi connectivity index (χ2n) is 4.87. The van der Waals surface area contributed by atoms with Gasteiger partial charge in [0.05, 0.1) is 0 Å². The Morgan fingerprint density at radius 3 is 1.58 bits per heavy atom. The lowest BCUT2D eigenvalue weighted by Gasteiger charge is -2.38. The zero-order valence-corrected chi connectivity index (χ0v) is 12.9. The van der Waals surface area contributed by atoms with Gasteiger partial charge in [-0.15, -0.1) is 0 Å². The third kappa shape index (κ3) is 2.63. The van der Waals surface area contributed by atoms with Crippen molar-refractivity contribution in [3.63, 3.8) is 0 Å². The maximum atomic E-state index is 3.79. The number of rotatable bonds is 5. The van der Waals surface area contributed by atoms with Crippen LogP contribution in [0.5, 0.6) is 0 Å². The Balaban J connectivity index is 2.61. The highest BCUT2D eigenvalue weighted by Crippen LogP contribution is 2.05. The molecule has 0 atom stereocenters. The molecule has 0 saturated heterocycles. The van der Waals surface area contributed by atoms with Crippen molar-refractivity contribution in [3.8, 4) is 0 Å². The molecule has 2 aromatic rings. The second-order valence-corrected chi connectivity index (χ2v) is 8.69. The molecule has 1 N–H and O–H groups in total. The largest absolute Gasteiger partial charge is 0.319 e. The molecule has 0 fully saturated rings. The third-order valence-corrected chi connectivity index (χ3v) is 8.03. The van der Waals surface area contributed by atoms with E-state index < -0.39 is 8.40 Å². The number of nitrogens with zero attached hydrogens (tertiary/aromatic N) is 1. The van der Waals surface area contributed by atoms with E-state index in [2.05, 4.69) is 91.2 Å². The lowest BCUT2D eigenvalue weighted by Crippen LogP contribution is -2.76. The van der Waals surface area contributed by atoms with Crippen LogP contribution < -0.4 is 15.4 Å². The van der Waals surface area contributed by atoms with Gasteiger partial charge in [0, 0.05) is 0 Å². The summed E-state index contributed by atoms with van der Waals surface area (Å²) < 4.78 is 2.38. The first-order chi connectivity index (χ1) is 9.21. The second kappa shape index (κ2) is 6.15. The van der Waals surface area contributed by atoms with Crippen molar-refractivity contribution in [2.24, 2.45) is 0 Å². The normalized spacial score (nSPS) is 11.8. The van der Waals surface area contributed by atoms with E-state index in [1.54, 1.807) is 0 Å². The van der Waals surface area contributed by atoms with E-state index in [0.717, 1.165) is 6.54 Å². The fraction of sp³-hybridized carbons (Fsp3) is 0.250. The van der Waals surface area contributed by atoms with Crippen LogP contribution >= 0.6 is 0 Å². The summed E-state index contributed by atoms with van der Waals surface area (Å²) >= 11 is 0. The van der Waals surface area contributed by atoms with Gasteiger partial charge in [-0.3, -0.25) is 0 Å². The van der Waals surface area contributed by atoms with E-state index in [9.17, 15) is 0 Å². The first kappa shape index (κ1) is 14.0. The number of hydrogen-bond acceptors (Lipinski definition) is 2. The number of nitrogens with one attached hydrogen (secondary N) is 1. The topological polar surface area (TPSA) is 15.3 Å². The molecular weight excluding hydrogens is 248 g/mol. The molecule has 2 rings (SSSR count). The molecule has 0 bridgehead atoms. The average Bonchev–Trinajstić information content (AvgIpc) is 2.46. The molecule has 0 spiro atoms. The molecule has 0 saturated carbocycles. The standard InChI is InChI=1S/C16H22N2Si/c1-4-17-19(18(2)3,15-11-7-5-8-12-15)16-13-9-6-10-14-16/h5-14,17H,4H2,1-3H3. The summed E-state index contributed by atoms with van der Waals surface area (Å²) in [6.07, 6.45) is 0. The molecule has 0 aliphatic carbocycles. The minimum atomic E-state index is -2.04. The summed E-state index contributed by atoms with van der Waals surface area (Å²) in [5.41, 5.74) is 0. The van der Waals surface area contributed by atoms with Crippen molar-refractivity contribution in [1.29, 1.82) is 0 Å². The highest BCUT2D eigenvalue weighted by Gasteiger charge is 2.39. The SMILES string of the molecule is CCN[Si](c1ccccc1)(c1ccccc1)N(C)C. The van der Waals surface area contributed by atoms with Gasteiger partial charge in [-0.05, 0) is 31.0 Å². The lowest BCUT2D eigenvalue weighted by molar-refractivity contribution is 0.611. The Morgan fingerprint density at radius 2 is 1.26 bits per heavy atom. The molecule has 3 heteroatoms. The highest BCUT2D eigenvalue weighted by molar-refractivity contribution is 6.98. The van der Waals surface area contributed by atoms with Crippen LogP contribution in [-0.2, 0) is 0 Å². The van der Waals surface area contributed by atoms with Gasteiger partial charge in [0.2, 0.25) is 0 Å². The van der Waals surface area contributed by atoms with Gasteiger partial charge in [0.15, 0.2) is 0 Å². The Labute approximate surface area is 117 Å². The van der Waals surface area contributed by atoms with Gasteiger partial charge in [0.25, 0.3) is 8.40 Å². The molecule has 19 heavy (non-hydrogen) atoms. The summed E-state index contributed by atoms with van der Waals surface area (Å²) in [6.45, 7) is 3.14. The van der Waals surface area contributed by atoms with E-state index >= 15 is 0 Å². The number of benzene rings is 2. The summed E-state index contributed by atoms with van der Waals surface area (Å²) in [5.74, 6) is 0. The van der Waals surface area contributed by atoms with Gasteiger partial charge >= 0.3 is 0 Å². The Bertz CT molecular complexity index is 457. The molecule has 0 amide bonds. The number of hydrogen-bond donors (Lipinski definition) is 1. The first-order valence-electron chi connectivity index (χ1n) is 6.75. The van der Waals surface area contributed by atoms with Crippen molar-refractivity contribution in [3.05, 3.63) is 60.7 Å². The fourth-order valence-corrected chi connectivity index (χ4v) is 6.61.